The van der Waals surface area contributed by atoms with Gasteiger partial charge in [-0.05, 0) is 60.9 Å². The number of amides is 1. The largest absolute Gasteiger partial charge is 0.497 e. The molecule has 0 atom stereocenters. The molecule has 0 spiro atoms. The summed E-state index contributed by atoms with van der Waals surface area (Å²) >= 11 is 4.85. The maximum Gasteiger partial charge on any atom is 0.234 e. The highest BCUT2D eigenvalue weighted by atomic mass is 79.9. The average molecular weight is 519 g/mol. The van der Waals surface area contributed by atoms with E-state index in [4.69, 9.17) is 9.47 Å². The van der Waals surface area contributed by atoms with Crippen molar-refractivity contribution in [1.82, 2.24) is 14.8 Å². The van der Waals surface area contributed by atoms with E-state index in [0.717, 1.165) is 27.2 Å². The third kappa shape index (κ3) is 6.26. The van der Waals surface area contributed by atoms with Gasteiger partial charge in [-0.15, -0.1) is 10.2 Å². The van der Waals surface area contributed by atoms with Gasteiger partial charge < -0.3 is 19.4 Å². The van der Waals surface area contributed by atoms with Crippen LogP contribution in [0.3, 0.4) is 0 Å². The molecule has 0 aliphatic rings. The first-order valence-corrected chi connectivity index (χ1v) is 12.1. The standard InChI is InChI=1S/C23H27BrN4O3S/c1-5-28-21(13-31-18-9-7-17(30-4)8-10-18)26-27-23(28)32-14-22(29)25-20-11-6-16(24)12-19(20)15(2)3/h6-12,15H,5,13-14H2,1-4H3,(H,25,29). The Kier molecular flexibility index (Phi) is 8.58. The van der Waals surface area contributed by atoms with Crippen LogP contribution < -0.4 is 14.8 Å². The molecule has 1 aromatic heterocycles. The van der Waals surface area contributed by atoms with Gasteiger partial charge in [0.1, 0.15) is 18.1 Å². The van der Waals surface area contributed by atoms with Gasteiger partial charge in [0.25, 0.3) is 0 Å². The van der Waals surface area contributed by atoms with Crippen molar-refractivity contribution in [3.63, 3.8) is 0 Å². The summed E-state index contributed by atoms with van der Waals surface area (Å²) in [7, 11) is 1.63. The second-order valence-corrected chi connectivity index (χ2v) is 9.19. The van der Waals surface area contributed by atoms with E-state index >= 15 is 0 Å². The Morgan fingerprint density at radius 1 is 1.16 bits per heavy atom. The van der Waals surface area contributed by atoms with Crippen LogP contribution in [-0.2, 0) is 17.9 Å². The first-order valence-electron chi connectivity index (χ1n) is 10.3. The van der Waals surface area contributed by atoms with E-state index in [1.807, 2.05) is 54.0 Å². The predicted octanol–water partition coefficient (Wildman–Crippen LogP) is 5.50. The molecule has 1 N–H and O–H groups in total. The van der Waals surface area contributed by atoms with Crippen molar-refractivity contribution < 1.29 is 14.3 Å². The van der Waals surface area contributed by atoms with Gasteiger partial charge in [0.05, 0.1) is 12.9 Å². The molecule has 3 rings (SSSR count). The number of halogens is 1. The normalized spacial score (nSPS) is 10.9. The van der Waals surface area contributed by atoms with Gasteiger partial charge in [-0.1, -0.05) is 41.5 Å². The Balaban J connectivity index is 1.59. The summed E-state index contributed by atoms with van der Waals surface area (Å²) in [6.07, 6.45) is 0. The number of benzene rings is 2. The molecule has 2 aromatic carbocycles. The molecule has 170 valence electrons. The number of hydrogen-bond donors (Lipinski definition) is 1. The van der Waals surface area contributed by atoms with Gasteiger partial charge in [0, 0.05) is 16.7 Å². The summed E-state index contributed by atoms with van der Waals surface area (Å²) in [6.45, 7) is 7.19. The molecule has 1 heterocycles. The maximum atomic E-state index is 12.6. The molecular formula is C23H27BrN4O3S. The molecule has 0 unspecified atom stereocenters. The quantitative estimate of drug-likeness (QED) is 0.357. The van der Waals surface area contributed by atoms with Crippen molar-refractivity contribution in [2.45, 2.75) is 45.0 Å². The average Bonchev–Trinajstić information content (AvgIpc) is 3.19. The summed E-state index contributed by atoms with van der Waals surface area (Å²) in [5.74, 6) is 2.66. The van der Waals surface area contributed by atoms with E-state index < -0.39 is 0 Å². The summed E-state index contributed by atoms with van der Waals surface area (Å²) in [5.41, 5.74) is 1.92. The monoisotopic (exact) mass is 518 g/mol. The third-order valence-corrected chi connectivity index (χ3v) is 6.24. The minimum Gasteiger partial charge on any atom is -0.497 e. The van der Waals surface area contributed by atoms with Crippen LogP contribution in [0.5, 0.6) is 11.5 Å². The number of aromatic nitrogens is 3. The van der Waals surface area contributed by atoms with Crippen LogP contribution in [0.1, 0.15) is 38.1 Å². The number of hydrogen-bond acceptors (Lipinski definition) is 6. The summed E-state index contributed by atoms with van der Waals surface area (Å²) < 4.78 is 13.9. The summed E-state index contributed by atoms with van der Waals surface area (Å²) in [4.78, 5) is 12.6. The fourth-order valence-electron chi connectivity index (χ4n) is 3.11. The van der Waals surface area contributed by atoms with E-state index in [1.165, 1.54) is 11.8 Å². The maximum absolute atomic E-state index is 12.6. The number of thioether (sulfide) groups is 1. The molecule has 0 saturated heterocycles. The highest BCUT2D eigenvalue weighted by Gasteiger charge is 2.15. The molecule has 0 radical (unpaired) electrons. The smallest absolute Gasteiger partial charge is 0.234 e. The van der Waals surface area contributed by atoms with Gasteiger partial charge >= 0.3 is 0 Å². The molecular weight excluding hydrogens is 492 g/mol. The first kappa shape index (κ1) is 24.1. The Hall–Kier alpha value is -2.52. The summed E-state index contributed by atoms with van der Waals surface area (Å²) in [6, 6.07) is 13.3. The van der Waals surface area contributed by atoms with E-state index in [1.54, 1.807) is 7.11 Å². The lowest BCUT2D eigenvalue weighted by Gasteiger charge is -2.14. The van der Waals surface area contributed by atoms with Crippen LogP contribution in [-0.4, -0.2) is 33.5 Å². The number of ether oxygens (including phenoxy) is 2. The number of methoxy groups -OCH3 is 1. The van der Waals surface area contributed by atoms with Gasteiger partial charge in [-0.3, -0.25) is 4.79 Å². The van der Waals surface area contributed by atoms with Gasteiger partial charge in [-0.2, -0.15) is 0 Å². The highest BCUT2D eigenvalue weighted by Crippen LogP contribution is 2.28. The zero-order valence-electron chi connectivity index (χ0n) is 18.6. The van der Waals surface area contributed by atoms with Gasteiger partial charge in [0.2, 0.25) is 5.91 Å². The third-order valence-electron chi connectivity index (χ3n) is 4.78. The molecule has 1 amide bonds. The van der Waals surface area contributed by atoms with Crippen LogP contribution in [0.2, 0.25) is 0 Å². The molecule has 0 fully saturated rings. The zero-order chi connectivity index (χ0) is 23.1. The minimum atomic E-state index is -0.0825. The number of anilines is 1. The molecule has 0 bridgehead atoms. The van der Waals surface area contributed by atoms with Gasteiger partial charge in [0.15, 0.2) is 11.0 Å². The second kappa shape index (κ2) is 11.4. The Bertz CT molecular complexity index is 1050. The van der Waals surface area contributed by atoms with Crippen LogP contribution in [0.15, 0.2) is 52.1 Å². The van der Waals surface area contributed by atoms with E-state index in [0.29, 0.717) is 23.4 Å². The highest BCUT2D eigenvalue weighted by molar-refractivity contribution is 9.10. The molecule has 0 aliphatic heterocycles. The number of carbonyl (C=O) groups excluding carboxylic acids is 1. The lowest BCUT2D eigenvalue weighted by molar-refractivity contribution is -0.113. The molecule has 9 heteroatoms. The van der Waals surface area contributed by atoms with Crippen molar-refractivity contribution in [1.29, 1.82) is 0 Å². The van der Waals surface area contributed by atoms with Crippen LogP contribution in [0, 0.1) is 0 Å². The molecule has 0 aliphatic carbocycles. The first-order chi connectivity index (χ1) is 15.4. The molecule has 32 heavy (non-hydrogen) atoms. The number of nitrogens with zero attached hydrogens (tertiary/aromatic N) is 3. The van der Waals surface area contributed by atoms with Crippen LogP contribution in [0.25, 0.3) is 0 Å². The second-order valence-electron chi connectivity index (χ2n) is 7.33. The number of rotatable bonds is 10. The Morgan fingerprint density at radius 3 is 2.53 bits per heavy atom. The van der Waals surface area contributed by atoms with E-state index in [2.05, 4.69) is 45.3 Å². The SMILES string of the molecule is CCn1c(COc2ccc(OC)cc2)nnc1SCC(=O)Nc1ccc(Br)cc1C(C)C. The van der Waals surface area contributed by atoms with Crippen LogP contribution >= 0.6 is 27.7 Å². The number of carbonyl (C=O) groups is 1. The molecule has 7 nitrogen and oxygen atoms in total. The van der Waals surface area contributed by atoms with Crippen LogP contribution in [0.4, 0.5) is 5.69 Å². The van der Waals surface area contributed by atoms with E-state index in [9.17, 15) is 4.79 Å². The van der Waals surface area contributed by atoms with Gasteiger partial charge in [-0.25, -0.2) is 0 Å². The van der Waals surface area contributed by atoms with Crippen molar-refractivity contribution >= 4 is 39.3 Å². The lowest BCUT2D eigenvalue weighted by atomic mass is 10.0. The van der Waals surface area contributed by atoms with Crippen molar-refractivity contribution in [3.8, 4) is 11.5 Å². The lowest BCUT2D eigenvalue weighted by Crippen LogP contribution is -2.16. The van der Waals surface area contributed by atoms with Crippen molar-refractivity contribution in [3.05, 3.63) is 58.3 Å². The summed E-state index contributed by atoms with van der Waals surface area (Å²) in [5, 5.41) is 12.2. The fraction of sp³-hybridized carbons (Fsp3) is 0.348. The molecule has 3 aromatic rings. The number of nitrogens with one attached hydrogen (secondary N) is 1. The van der Waals surface area contributed by atoms with E-state index in [-0.39, 0.29) is 18.3 Å². The molecule has 0 saturated carbocycles. The Labute approximate surface area is 201 Å². The zero-order valence-corrected chi connectivity index (χ0v) is 21.0. The fourth-order valence-corrected chi connectivity index (χ4v) is 4.31. The minimum absolute atomic E-state index is 0.0825. The topological polar surface area (TPSA) is 78.3 Å². The predicted molar refractivity (Wildman–Crippen MR) is 131 cm³/mol. The van der Waals surface area contributed by atoms with Crippen molar-refractivity contribution in [2.75, 3.05) is 18.2 Å². The Morgan fingerprint density at radius 2 is 1.88 bits per heavy atom. The van der Waals surface area contributed by atoms with Crippen molar-refractivity contribution in [2.24, 2.45) is 0 Å².